The van der Waals surface area contributed by atoms with Crippen molar-refractivity contribution < 1.29 is 33.3 Å². The summed E-state index contributed by atoms with van der Waals surface area (Å²) in [7, 11) is 1.31. The standard InChI is InChI=1S/C22H22N2O7S/c1-3-28-14-4-6-15(7-5-14)31-13-20(25)23-22-24(12-21(26)27-2)16-10-17-18(11-19(16)32-22)30-9-8-29-17/h4-7,10-11H,3,8-9,12-13H2,1-2H3. The van der Waals surface area contributed by atoms with E-state index in [0.29, 0.717) is 47.4 Å². The van der Waals surface area contributed by atoms with Crippen LogP contribution in [0.25, 0.3) is 10.2 Å². The number of carbonyl (C=O) groups excluding carboxylic acids is 2. The van der Waals surface area contributed by atoms with Crippen molar-refractivity contribution in [1.82, 2.24) is 4.57 Å². The summed E-state index contributed by atoms with van der Waals surface area (Å²) in [5.74, 6) is 1.50. The summed E-state index contributed by atoms with van der Waals surface area (Å²) in [6, 6.07) is 10.6. The number of benzene rings is 2. The number of aromatic nitrogens is 1. The van der Waals surface area contributed by atoms with Gasteiger partial charge in [-0.15, -0.1) is 0 Å². The molecule has 0 N–H and O–H groups in total. The lowest BCUT2D eigenvalue weighted by molar-refractivity contribution is -0.141. The van der Waals surface area contributed by atoms with Crippen LogP contribution < -0.4 is 23.7 Å². The number of thiazole rings is 1. The number of methoxy groups -OCH3 is 1. The van der Waals surface area contributed by atoms with Gasteiger partial charge in [-0.1, -0.05) is 11.3 Å². The number of ether oxygens (including phenoxy) is 5. The van der Waals surface area contributed by atoms with Gasteiger partial charge in [0, 0.05) is 12.1 Å². The van der Waals surface area contributed by atoms with Gasteiger partial charge in [-0.05, 0) is 31.2 Å². The maximum Gasteiger partial charge on any atom is 0.325 e. The molecule has 32 heavy (non-hydrogen) atoms. The maximum atomic E-state index is 12.5. The van der Waals surface area contributed by atoms with Crippen LogP contribution in [-0.4, -0.2) is 50.0 Å². The third-order valence-corrected chi connectivity index (χ3v) is 5.62. The highest BCUT2D eigenvalue weighted by Crippen LogP contribution is 2.35. The number of carbonyl (C=O) groups is 2. The monoisotopic (exact) mass is 458 g/mol. The van der Waals surface area contributed by atoms with Crippen LogP contribution in [-0.2, 0) is 20.9 Å². The number of esters is 1. The van der Waals surface area contributed by atoms with E-state index < -0.39 is 11.9 Å². The highest BCUT2D eigenvalue weighted by atomic mass is 32.1. The van der Waals surface area contributed by atoms with Crippen LogP contribution in [0.1, 0.15) is 6.92 Å². The Hall–Kier alpha value is -3.53. The molecule has 168 valence electrons. The van der Waals surface area contributed by atoms with Crippen molar-refractivity contribution in [2.24, 2.45) is 4.99 Å². The van der Waals surface area contributed by atoms with Crippen LogP contribution in [0.15, 0.2) is 41.4 Å². The zero-order valence-electron chi connectivity index (χ0n) is 17.7. The van der Waals surface area contributed by atoms with Gasteiger partial charge in [0.25, 0.3) is 5.91 Å². The zero-order chi connectivity index (χ0) is 22.5. The Morgan fingerprint density at radius 3 is 2.38 bits per heavy atom. The minimum atomic E-state index is -0.485. The Morgan fingerprint density at radius 1 is 1.06 bits per heavy atom. The van der Waals surface area contributed by atoms with Gasteiger partial charge in [0.1, 0.15) is 31.3 Å². The number of hydrogen-bond donors (Lipinski definition) is 0. The molecule has 1 aromatic heterocycles. The Kier molecular flexibility index (Phi) is 6.60. The first-order valence-corrected chi connectivity index (χ1v) is 10.8. The number of fused-ring (bicyclic) bond motifs is 2. The molecule has 0 saturated carbocycles. The van der Waals surface area contributed by atoms with Crippen molar-refractivity contribution in [3.05, 3.63) is 41.2 Å². The summed E-state index contributed by atoms with van der Waals surface area (Å²) in [6.07, 6.45) is 0. The average Bonchev–Trinajstić information content (AvgIpc) is 3.12. The van der Waals surface area contributed by atoms with E-state index in [4.69, 9.17) is 23.7 Å². The second kappa shape index (κ2) is 9.73. The Bertz CT molecular complexity index is 1200. The quantitative estimate of drug-likeness (QED) is 0.502. The number of hydrogen-bond acceptors (Lipinski definition) is 8. The maximum absolute atomic E-state index is 12.5. The lowest BCUT2D eigenvalue weighted by atomic mass is 10.2. The predicted molar refractivity (Wildman–Crippen MR) is 116 cm³/mol. The van der Waals surface area contributed by atoms with Crippen molar-refractivity contribution in [2.45, 2.75) is 13.5 Å². The summed E-state index contributed by atoms with van der Waals surface area (Å²) in [5, 5.41) is 0. The second-order valence-corrected chi connectivity index (χ2v) is 7.72. The first kappa shape index (κ1) is 21.7. The molecule has 2 heterocycles. The molecule has 3 aromatic rings. The van der Waals surface area contributed by atoms with Gasteiger partial charge in [-0.3, -0.25) is 9.59 Å². The molecule has 0 atom stereocenters. The highest BCUT2D eigenvalue weighted by Gasteiger charge is 2.18. The molecule has 2 aromatic carbocycles. The van der Waals surface area contributed by atoms with Crippen molar-refractivity contribution in [1.29, 1.82) is 0 Å². The molecule has 0 bridgehead atoms. The fraction of sp³-hybridized carbons (Fsp3) is 0.318. The minimum absolute atomic E-state index is 0.0952. The lowest BCUT2D eigenvalue weighted by Gasteiger charge is -2.18. The third-order valence-electron chi connectivity index (χ3n) is 4.58. The first-order chi connectivity index (χ1) is 15.6. The molecule has 9 nitrogen and oxygen atoms in total. The SMILES string of the molecule is CCOc1ccc(OCC(=O)N=c2sc3cc4c(cc3n2CC(=O)OC)OCCO4)cc1. The molecule has 0 saturated heterocycles. The van der Waals surface area contributed by atoms with Gasteiger partial charge in [0.05, 0.1) is 23.9 Å². The number of nitrogens with zero attached hydrogens (tertiary/aromatic N) is 2. The Balaban J connectivity index is 1.60. The van der Waals surface area contributed by atoms with Crippen molar-refractivity contribution in [3.8, 4) is 23.0 Å². The topological polar surface area (TPSA) is 97.6 Å². The van der Waals surface area contributed by atoms with E-state index in [-0.39, 0.29) is 13.2 Å². The molecule has 0 spiro atoms. The van der Waals surface area contributed by atoms with E-state index in [1.807, 2.05) is 13.0 Å². The molecule has 0 unspecified atom stereocenters. The summed E-state index contributed by atoms with van der Waals surface area (Å²) >= 11 is 1.27. The van der Waals surface area contributed by atoms with Crippen LogP contribution in [0.5, 0.6) is 23.0 Å². The minimum Gasteiger partial charge on any atom is -0.494 e. The molecule has 10 heteroatoms. The van der Waals surface area contributed by atoms with E-state index in [9.17, 15) is 9.59 Å². The van der Waals surface area contributed by atoms with Gasteiger partial charge in [0.15, 0.2) is 22.9 Å². The Labute approximate surface area is 187 Å². The molecular formula is C22H22N2O7S. The van der Waals surface area contributed by atoms with Crippen molar-refractivity contribution in [3.63, 3.8) is 0 Å². The molecule has 0 aliphatic carbocycles. The summed E-state index contributed by atoms with van der Waals surface area (Å²) in [5.41, 5.74) is 0.698. The van der Waals surface area contributed by atoms with Gasteiger partial charge in [0.2, 0.25) is 0 Å². The van der Waals surface area contributed by atoms with Gasteiger partial charge in [-0.25, -0.2) is 0 Å². The second-order valence-electron chi connectivity index (χ2n) is 6.71. The van der Waals surface area contributed by atoms with Crippen LogP contribution in [0.2, 0.25) is 0 Å². The number of amides is 1. The predicted octanol–water partition coefficient (Wildman–Crippen LogP) is 2.55. The molecule has 1 aliphatic heterocycles. The van der Waals surface area contributed by atoms with Crippen LogP contribution in [0, 0.1) is 0 Å². The van der Waals surface area contributed by atoms with E-state index in [1.165, 1.54) is 18.4 Å². The van der Waals surface area contributed by atoms with Crippen molar-refractivity contribution >= 4 is 33.4 Å². The molecule has 1 aliphatic rings. The summed E-state index contributed by atoms with van der Waals surface area (Å²) in [6.45, 7) is 3.04. The fourth-order valence-corrected chi connectivity index (χ4v) is 4.18. The summed E-state index contributed by atoms with van der Waals surface area (Å²) < 4.78 is 29.4. The van der Waals surface area contributed by atoms with E-state index in [0.717, 1.165) is 10.4 Å². The Morgan fingerprint density at radius 2 is 1.72 bits per heavy atom. The zero-order valence-corrected chi connectivity index (χ0v) is 18.5. The molecule has 1 amide bonds. The lowest BCUT2D eigenvalue weighted by Crippen LogP contribution is -2.23. The van der Waals surface area contributed by atoms with E-state index in [1.54, 1.807) is 34.9 Å². The number of rotatable bonds is 7. The first-order valence-electron chi connectivity index (χ1n) is 10.0. The normalized spacial score (nSPS) is 13.1. The molecule has 0 radical (unpaired) electrons. The van der Waals surface area contributed by atoms with Gasteiger partial charge < -0.3 is 28.3 Å². The average molecular weight is 458 g/mol. The van der Waals surface area contributed by atoms with Crippen LogP contribution >= 0.6 is 11.3 Å². The molecule has 0 fully saturated rings. The van der Waals surface area contributed by atoms with E-state index >= 15 is 0 Å². The largest absolute Gasteiger partial charge is 0.494 e. The van der Waals surface area contributed by atoms with Gasteiger partial charge >= 0.3 is 5.97 Å². The molecular weight excluding hydrogens is 436 g/mol. The van der Waals surface area contributed by atoms with Crippen LogP contribution in [0.4, 0.5) is 0 Å². The highest BCUT2D eigenvalue weighted by molar-refractivity contribution is 7.16. The van der Waals surface area contributed by atoms with Crippen LogP contribution in [0.3, 0.4) is 0 Å². The third kappa shape index (κ3) is 4.86. The van der Waals surface area contributed by atoms with Crippen molar-refractivity contribution in [2.75, 3.05) is 33.5 Å². The fourth-order valence-electron chi connectivity index (χ4n) is 3.12. The molecule has 4 rings (SSSR count). The van der Waals surface area contributed by atoms with E-state index in [2.05, 4.69) is 4.99 Å². The van der Waals surface area contributed by atoms with Gasteiger partial charge in [-0.2, -0.15) is 4.99 Å². The summed E-state index contributed by atoms with van der Waals surface area (Å²) in [4.78, 5) is 29.0. The smallest absolute Gasteiger partial charge is 0.325 e.